The molecule has 1 N–H and O–H groups in total. The Morgan fingerprint density at radius 1 is 1.31 bits per heavy atom. The minimum absolute atomic E-state index is 0. The molecule has 0 bridgehead atoms. The Morgan fingerprint density at radius 3 is 2.46 bits per heavy atom. The lowest BCUT2D eigenvalue weighted by Gasteiger charge is -2.27. The van der Waals surface area contributed by atoms with E-state index >= 15 is 0 Å². The van der Waals surface area contributed by atoms with E-state index in [1.807, 2.05) is 0 Å². The van der Waals surface area contributed by atoms with Crippen molar-refractivity contribution in [3.8, 4) is 0 Å². The molecule has 0 aliphatic heterocycles. The second-order valence-corrected chi connectivity index (χ2v) is 3.88. The molecule has 0 spiro atoms. The largest absolute Gasteiger partial charge is 0.371 e. The van der Waals surface area contributed by atoms with Gasteiger partial charge in [-0.15, -0.1) is 0 Å². The molecule has 1 fully saturated rings. The van der Waals surface area contributed by atoms with Crippen molar-refractivity contribution in [2.45, 2.75) is 46.5 Å². The van der Waals surface area contributed by atoms with Crippen LogP contribution < -0.4 is 0 Å². The maximum Gasteiger partial charge on any atom is 0.143 e. The molecule has 0 heterocycles. The van der Waals surface area contributed by atoms with E-state index in [1.54, 1.807) is 0 Å². The highest BCUT2D eigenvalue weighted by molar-refractivity contribution is 4.70. The highest BCUT2D eigenvalue weighted by Gasteiger charge is 2.19. The predicted octanol–water partition coefficient (Wildman–Crippen LogP) is 2.81. The Balaban J connectivity index is 0.00000144. The maximum atomic E-state index is 8.49. The molecule has 1 rings (SSSR count). The maximum absolute atomic E-state index is 8.49. The van der Waals surface area contributed by atoms with Crippen molar-refractivity contribution in [2.24, 2.45) is 11.8 Å². The van der Waals surface area contributed by atoms with Crippen LogP contribution in [-0.4, -0.2) is 18.5 Å². The van der Waals surface area contributed by atoms with Gasteiger partial charge in [-0.1, -0.05) is 46.5 Å². The van der Waals surface area contributed by atoms with E-state index < -0.39 is 0 Å². The van der Waals surface area contributed by atoms with Crippen molar-refractivity contribution in [2.75, 3.05) is 13.4 Å². The first-order chi connectivity index (χ1) is 5.84. The Labute approximate surface area is 82.3 Å². The van der Waals surface area contributed by atoms with E-state index in [0.29, 0.717) is 5.92 Å². The summed E-state index contributed by atoms with van der Waals surface area (Å²) in [5.41, 5.74) is 0. The van der Waals surface area contributed by atoms with Gasteiger partial charge in [0.1, 0.15) is 6.79 Å². The zero-order valence-corrected chi connectivity index (χ0v) is 7.96. The van der Waals surface area contributed by atoms with Crippen molar-refractivity contribution in [3.05, 3.63) is 0 Å². The van der Waals surface area contributed by atoms with Gasteiger partial charge in [-0.2, -0.15) is 0 Å². The zero-order chi connectivity index (χ0) is 8.81. The summed E-state index contributed by atoms with van der Waals surface area (Å²) >= 11 is 0. The van der Waals surface area contributed by atoms with Crippen molar-refractivity contribution < 1.29 is 9.84 Å². The van der Waals surface area contributed by atoms with E-state index in [1.165, 1.54) is 32.1 Å². The number of ether oxygens (including phenoxy) is 1. The van der Waals surface area contributed by atoms with Crippen molar-refractivity contribution in [1.82, 2.24) is 0 Å². The first-order valence-corrected chi connectivity index (χ1v) is 5.03. The van der Waals surface area contributed by atoms with Crippen LogP contribution in [-0.2, 0) is 4.74 Å². The van der Waals surface area contributed by atoms with Crippen molar-refractivity contribution in [1.29, 1.82) is 0 Å². The molecule has 1 aliphatic rings. The third-order valence-electron chi connectivity index (χ3n) is 2.93. The van der Waals surface area contributed by atoms with Crippen LogP contribution in [0.15, 0.2) is 0 Å². The van der Waals surface area contributed by atoms with E-state index in [9.17, 15) is 0 Å². The van der Waals surface area contributed by atoms with Gasteiger partial charge in [0.2, 0.25) is 0 Å². The molecule has 0 aromatic carbocycles. The molecule has 0 aromatic rings. The smallest absolute Gasteiger partial charge is 0.143 e. The number of rotatable bonds is 4. The van der Waals surface area contributed by atoms with Crippen LogP contribution in [0, 0.1) is 11.8 Å². The molecule has 1 unspecified atom stereocenters. The summed E-state index contributed by atoms with van der Waals surface area (Å²) in [5.74, 6) is 1.46. The SMILES string of the molecule is C.CC(COCO)C1CCCCC1. The molecule has 0 amide bonds. The molecule has 1 atom stereocenters. The summed E-state index contributed by atoms with van der Waals surface area (Å²) in [6.07, 6.45) is 6.89. The van der Waals surface area contributed by atoms with Crippen molar-refractivity contribution >= 4 is 0 Å². The highest BCUT2D eigenvalue weighted by atomic mass is 16.6. The molecule has 1 aliphatic carbocycles. The average Bonchev–Trinajstić information content (AvgIpc) is 2.15. The molecule has 13 heavy (non-hydrogen) atoms. The Hall–Kier alpha value is -0.0800. The van der Waals surface area contributed by atoms with E-state index in [2.05, 4.69) is 6.92 Å². The second-order valence-electron chi connectivity index (χ2n) is 3.88. The van der Waals surface area contributed by atoms with Gasteiger partial charge in [0.25, 0.3) is 0 Å². The monoisotopic (exact) mass is 188 g/mol. The molecule has 0 radical (unpaired) electrons. The summed E-state index contributed by atoms with van der Waals surface area (Å²) in [6.45, 7) is 2.82. The fraction of sp³-hybridized carbons (Fsp3) is 1.00. The number of hydrogen-bond acceptors (Lipinski definition) is 2. The van der Waals surface area contributed by atoms with Crippen LogP contribution in [0.2, 0.25) is 0 Å². The van der Waals surface area contributed by atoms with Crippen LogP contribution in [0.3, 0.4) is 0 Å². The Bertz CT molecular complexity index is 109. The van der Waals surface area contributed by atoms with Gasteiger partial charge in [-0.3, -0.25) is 0 Å². The molecule has 2 heteroatoms. The van der Waals surface area contributed by atoms with Gasteiger partial charge in [-0.05, 0) is 11.8 Å². The summed E-state index contributed by atoms with van der Waals surface area (Å²) in [4.78, 5) is 0. The van der Waals surface area contributed by atoms with Gasteiger partial charge in [0, 0.05) is 0 Å². The lowest BCUT2D eigenvalue weighted by Crippen LogP contribution is -2.20. The molecular formula is C11H24O2. The quantitative estimate of drug-likeness (QED) is 0.687. The fourth-order valence-electron chi connectivity index (χ4n) is 2.08. The minimum atomic E-state index is -0.128. The van der Waals surface area contributed by atoms with Crippen LogP contribution >= 0.6 is 0 Å². The number of hydrogen-bond donors (Lipinski definition) is 1. The zero-order valence-electron chi connectivity index (χ0n) is 7.96. The summed E-state index contributed by atoms with van der Waals surface area (Å²) < 4.78 is 5.00. The normalized spacial score (nSPS) is 20.8. The molecule has 0 aromatic heterocycles. The van der Waals surface area contributed by atoms with Crippen LogP contribution in [0.1, 0.15) is 46.5 Å². The lowest BCUT2D eigenvalue weighted by molar-refractivity contribution is -0.0258. The summed E-state index contributed by atoms with van der Waals surface area (Å²) in [5, 5.41) is 8.49. The molecule has 80 valence electrons. The van der Waals surface area contributed by atoms with Crippen LogP contribution in [0.4, 0.5) is 0 Å². The third-order valence-corrected chi connectivity index (χ3v) is 2.93. The standard InChI is InChI=1S/C10H20O2.CH4/c1-9(7-12-8-11)10-5-3-2-4-6-10;/h9-11H,2-8H2,1H3;1H4. The molecule has 2 nitrogen and oxygen atoms in total. The summed E-state index contributed by atoms with van der Waals surface area (Å²) in [6, 6.07) is 0. The van der Waals surface area contributed by atoms with E-state index in [0.717, 1.165) is 12.5 Å². The predicted molar refractivity (Wildman–Crippen MR) is 55.5 cm³/mol. The Kier molecular flexibility index (Phi) is 7.29. The lowest BCUT2D eigenvalue weighted by atomic mass is 9.81. The number of aliphatic hydroxyl groups excluding tert-OH is 1. The highest BCUT2D eigenvalue weighted by Crippen LogP contribution is 2.29. The van der Waals surface area contributed by atoms with Crippen LogP contribution in [0.5, 0.6) is 0 Å². The van der Waals surface area contributed by atoms with Gasteiger partial charge in [0.15, 0.2) is 0 Å². The van der Waals surface area contributed by atoms with E-state index in [4.69, 9.17) is 9.84 Å². The molecule has 1 saturated carbocycles. The Morgan fingerprint density at radius 2 is 1.92 bits per heavy atom. The van der Waals surface area contributed by atoms with Gasteiger partial charge in [-0.25, -0.2) is 0 Å². The van der Waals surface area contributed by atoms with Gasteiger partial charge in [0.05, 0.1) is 6.61 Å². The third kappa shape index (κ3) is 4.63. The number of aliphatic hydroxyl groups is 1. The van der Waals surface area contributed by atoms with E-state index in [-0.39, 0.29) is 14.2 Å². The van der Waals surface area contributed by atoms with Crippen LogP contribution in [0.25, 0.3) is 0 Å². The van der Waals surface area contributed by atoms with Crippen molar-refractivity contribution in [3.63, 3.8) is 0 Å². The first-order valence-electron chi connectivity index (χ1n) is 5.03. The fourth-order valence-corrected chi connectivity index (χ4v) is 2.08. The summed E-state index contributed by atoms with van der Waals surface area (Å²) in [7, 11) is 0. The van der Waals surface area contributed by atoms with Gasteiger partial charge >= 0.3 is 0 Å². The topological polar surface area (TPSA) is 29.5 Å². The first kappa shape index (κ1) is 12.9. The minimum Gasteiger partial charge on any atom is -0.371 e. The second kappa shape index (κ2) is 7.34. The average molecular weight is 188 g/mol. The molecule has 0 saturated heterocycles. The molecular weight excluding hydrogens is 164 g/mol. The van der Waals surface area contributed by atoms with Gasteiger partial charge < -0.3 is 9.84 Å².